The number of imidazole rings is 1. The molecule has 3 rings (SSSR count). The van der Waals surface area contributed by atoms with Crippen molar-refractivity contribution in [3.05, 3.63) is 16.7 Å². The third kappa shape index (κ3) is 8.82. The number of nitrogens with one attached hydrogen (secondary N) is 3. The largest absolute Gasteiger partial charge is 0.697 e. The zero-order valence-electron chi connectivity index (χ0n) is 24.9. The van der Waals surface area contributed by atoms with E-state index in [1.807, 2.05) is 39.9 Å². The molecule has 2 aromatic heterocycles. The molecule has 2 aromatic rings. The van der Waals surface area contributed by atoms with Gasteiger partial charge in [-0.25, -0.2) is 14.6 Å². The van der Waals surface area contributed by atoms with Crippen molar-refractivity contribution in [2.24, 2.45) is 5.92 Å². The van der Waals surface area contributed by atoms with Gasteiger partial charge in [0.1, 0.15) is 25.4 Å². The van der Waals surface area contributed by atoms with Crippen molar-refractivity contribution in [2.45, 2.75) is 83.6 Å². The van der Waals surface area contributed by atoms with Crippen LogP contribution < -0.4 is 16.0 Å². The Morgan fingerprint density at radius 3 is 2.60 bits per heavy atom. The van der Waals surface area contributed by atoms with E-state index in [9.17, 15) is 28.5 Å². The normalized spacial score (nSPS) is 21.7. The summed E-state index contributed by atoms with van der Waals surface area (Å²) in [7, 11) is -10.2. The number of carbonyl (C=O) groups is 1. The molecule has 5 atom stereocenters. The lowest BCUT2D eigenvalue weighted by Crippen LogP contribution is -2.52. The lowest BCUT2D eigenvalue weighted by Gasteiger charge is -2.40. The zero-order chi connectivity index (χ0) is 32.3. The Labute approximate surface area is 250 Å². The maximum Gasteiger partial charge on any atom is 0.697 e. The summed E-state index contributed by atoms with van der Waals surface area (Å²) in [5.74, 6) is -0.921. The van der Waals surface area contributed by atoms with Gasteiger partial charge in [0, 0.05) is 10.5 Å². The highest BCUT2D eigenvalue weighted by atomic mass is 31.2. The minimum atomic E-state index is -4.89. The quantitative estimate of drug-likeness (QED) is 0.118. The van der Waals surface area contributed by atoms with Crippen LogP contribution in [0.4, 0.5) is 5.95 Å². The zero-order valence-corrected chi connectivity index (χ0v) is 27.7. The Hall–Kier alpha value is -2.42. The Morgan fingerprint density at radius 2 is 2.02 bits per heavy atom. The summed E-state index contributed by atoms with van der Waals surface area (Å²) in [5, 5.41) is 13.1. The van der Waals surface area contributed by atoms with Gasteiger partial charge in [0.15, 0.2) is 25.7 Å². The number of anilines is 1. The first-order chi connectivity index (χ1) is 19.8. The SMILES string of the molecule is CC(C)C(=O)Nc1nc2c(ncn2[C@@H]2O[C@H](CO[P+](=O)OCCC#N)[C@@H](NP(=O)(O)O)[C@H]2O[Si](C)(C)C(C)(C)C)c(=O)[nH]1. The molecule has 0 saturated carbocycles. The molecule has 0 bridgehead atoms. The molecule has 5 N–H and O–H groups in total. The van der Waals surface area contributed by atoms with Crippen LogP contribution in [0.1, 0.15) is 47.3 Å². The predicted molar refractivity (Wildman–Crippen MR) is 156 cm³/mol. The Bertz CT molecular complexity index is 1480. The molecule has 3 heterocycles. The highest BCUT2D eigenvalue weighted by molar-refractivity contribution is 7.49. The molecule has 0 radical (unpaired) electrons. The minimum absolute atomic E-state index is 0.0130. The molecule has 1 fully saturated rings. The van der Waals surface area contributed by atoms with Crippen molar-refractivity contribution < 1.29 is 41.9 Å². The third-order valence-corrected chi connectivity index (χ3v) is 13.0. The highest BCUT2D eigenvalue weighted by Crippen LogP contribution is 2.45. The molecule has 1 aliphatic rings. The number of nitrogens with zero attached hydrogens (tertiary/aromatic N) is 4. The molecule has 0 aromatic carbocycles. The molecule has 20 heteroatoms. The number of fused-ring (bicyclic) bond motifs is 1. The molecular weight excluding hydrogens is 624 g/mol. The summed E-state index contributed by atoms with van der Waals surface area (Å²) in [6.45, 7) is 12.6. The van der Waals surface area contributed by atoms with Crippen LogP contribution in [-0.4, -0.2) is 75.0 Å². The van der Waals surface area contributed by atoms with E-state index in [0.29, 0.717) is 0 Å². The number of hydrogen-bond donors (Lipinski definition) is 5. The topological polar surface area (TPSA) is 240 Å². The first-order valence-electron chi connectivity index (χ1n) is 13.4. The van der Waals surface area contributed by atoms with Crippen LogP contribution in [-0.2, 0) is 32.1 Å². The second kappa shape index (κ2) is 13.7. The number of aromatic amines is 1. The first-order valence-corrected chi connectivity index (χ1v) is 19.0. The van der Waals surface area contributed by atoms with Crippen molar-refractivity contribution in [3.63, 3.8) is 0 Å². The number of ether oxygens (including phenoxy) is 1. The second-order valence-corrected chi connectivity index (χ2v) is 18.8. The summed E-state index contributed by atoms with van der Waals surface area (Å²) in [5.41, 5.74) is -0.705. The Morgan fingerprint density at radius 1 is 1.35 bits per heavy atom. The van der Waals surface area contributed by atoms with E-state index in [-0.39, 0.29) is 41.1 Å². The van der Waals surface area contributed by atoms with Crippen molar-refractivity contribution in [2.75, 3.05) is 18.5 Å². The smallest absolute Gasteiger partial charge is 0.408 e. The van der Waals surface area contributed by atoms with Gasteiger partial charge in [-0.15, -0.1) is 9.05 Å². The van der Waals surface area contributed by atoms with Crippen LogP contribution in [0.2, 0.25) is 18.1 Å². The maximum absolute atomic E-state index is 12.8. The van der Waals surface area contributed by atoms with Gasteiger partial charge in [-0.2, -0.15) is 10.2 Å². The fourth-order valence-corrected chi connectivity index (χ4v) is 6.45. The van der Waals surface area contributed by atoms with Crippen LogP contribution in [0.3, 0.4) is 0 Å². The summed E-state index contributed by atoms with van der Waals surface area (Å²) < 4.78 is 49.0. The van der Waals surface area contributed by atoms with Crippen molar-refractivity contribution in [1.82, 2.24) is 24.6 Å². The second-order valence-electron chi connectivity index (χ2n) is 11.8. The number of carbonyl (C=O) groups excluding carboxylic acids is 1. The molecule has 1 unspecified atom stereocenters. The maximum atomic E-state index is 12.8. The van der Waals surface area contributed by atoms with Gasteiger partial charge >= 0.3 is 16.0 Å². The van der Waals surface area contributed by atoms with E-state index >= 15 is 0 Å². The summed E-state index contributed by atoms with van der Waals surface area (Å²) in [6, 6.07) is 0.641. The monoisotopic (exact) mass is 662 g/mol. The lowest BCUT2D eigenvalue weighted by atomic mass is 10.1. The average molecular weight is 663 g/mol. The van der Waals surface area contributed by atoms with Crippen LogP contribution >= 0.6 is 16.0 Å². The number of H-pyrrole nitrogens is 1. The van der Waals surface area contributed by atoms with Gasteiger partial charge in [0.2, 0.25) is 11.9 Å². The molecule has 0 aliphatic carbocycles. The molecule has 1 saturated heterocycles. The van der Waals surface area contributed by atoms with E-state index in [1.165, 1.54) is 10.9 Å². The molecule has 0 spiro atoms. The van der Waals surface area contributed by atoms with Gasteiger partial charge in [0.05, 0.1) is 24.9 Å². The molecule has 238 valence electrons. The van der Waals surface area contributed by atoms with Gasteiger partial charge < -0.3 is 18.9 Å². The standard InChI is InChI=1S/C23H37N7O10P2Si/c1-13(2)19(31)27-22-26-18-16(20(32)28-22)25-12-30(18)21-17(40-43(6,7)23(3,4)5)15(29-42(34,35)36)14(39-21)11-38-41(33)37-10-8-9-24/h12-15,17,21H,8,10-11H2,1-7H3,(H4-,26,27,28,29,31,32,34,35,36)/p+1/t14-,15-,17-,21-/m1/s1. The fourth-order valence-electron chi connectivity index (χ4n) is 3.87. The Kier molecular flexibility index (Phi) is 11.2. The van der Waals surface area contributed by atoms with Gasteiger partial charge in [-0.1, -0.05) is 34.6 Å². The summed E-state index contributed by atoms with van der Waals surface area (Å²) >= 11 is 0. The molecule has 17 nitrogen and oxygen atoms in total. The fraction of sp³-hybridized carbons (Fsp3) is 0.696. The van der Waals surface area contributed by atoms with Crippen molar-refractivity contribution in [1.29, 1.82) is 5.26 Å². The summed E-state index contributed by atoms with van der Waals surface area (Å²) in [4.78, 5) is 55.9. The van der Waals surface area contributed by atoms with Crippen LogP contribution in [0.15, 0.2) is 11.1 Å². The van der Waals surface area contributed by atoms with Crippen molar-refractivity contribution >= 4 is 47.3 Å². The number of amides is 1. The molecule has 1 amide bonds. The number of aromatic nitrogens is 4. The molecular formula is C23H38N7O10P2Si+. The van der Waals surface area contributed by atoms with Crippen molar-refractivity contribution in [3.8, 4) is 6.07 Å². The van der Waals surface area contributed by atoms with Crippen LogP contribution in [0.5, 0.6) is 0 Å². The van der Waals surface area contributed by atoms with E-state index < -0.39 is 66.9 Å². The number of hydrogen-bond acceptors (Lipinski definition) is 11. The van der Waals surface area contributed by atoms with Crippen LogP contribution in [0, 0.1) is 17.2 Å². The van der Waals surface area contributed by atoms with E-state index in [2.05, 4.69) is 25.4 Å². The Balaban J connectivity index is 2.09. The number of rotatable bonds is 13. The van der Waals surface area contributed by atoms with E-state index in [4.69, 9.17) is 23.5 Å². The minimum Gasteiger partial charge on any atom is -0.408 e. The predicted octanol–water partition coefficient (Wildman–Crippen LogP) is 2.66. The number of nitriles is 1. The first kappa shape index (κ1) is 35.1. The van der Waals surface area contributed by atoms with Gasteiger partial charge in [-0.05, 0) is 18.1 Å². The van der Waals surface area contributed by atoms with E-state index in [0.717, 1.165) is 0 Å². The molecule has 43 heavy (non-hydrogen) atoms. The van der Waals surface area contributed by atoms with Gasteiger partial charge in [-0.3, -0.25) is 24.5 Å². The van der Waals surface area contributed by atoms with Crippen LogP contribution in [0.25, 0.3) is 11.2 Å². The summed E-state index contributed by atoms with van der Waals surface area (Å²) in [6.07, 6.45) is -2.14. The van der Waals surface area contributed by atoms with Gasteiger partial charge in [0.25, 0.3) is 5.56 Å². The molecule has 1 aliphatic heterocycles. The highest BCUT2D eigenvalue weighted by Gasteiger charge is 2.53. The average Bonchev–Trinajstić information content (AvgIpc) is 3.42. The lowest BCUT2D eigenvalue weighted by molar-refractivity contribution is -0.118. The van der Waals surface area contributed by atoms with E-state index in [1.54, 1.807) is 13.8 Å². The third-order valence-electron chi connectivity index (χ3n) is 7.13.